The molecule has 0 saturated carbocycles. The number of benzene rings is 1. The Bertz CT molecular complexity index is 655. The summed E-state index contributed by atoms with van der Waals surface area (Å²) in [5, 5.41) is 9.02. The largest absolute Gasteiger partial charge is 0.481 e. The van der Waals surface area contributed by atoms with Gasteiger partial charge < -0.3 is 5.11 Å². The first kappa shape index (κ1) is 15.6. The van der Waals surface area contributed by atoms with Gasteiger partial charge in [-0.3, -0.25) is 19.3 Å². The number of likely N-dealkylation sites (tertiary alicyclic amines) is 1. The first-order valence-corrected chi connectivity index (χ1v) is 7.56. The molecule has 2 aliphatic heterocycles. The minimum absolute atomic E-state index is 0.0487. The Morgan fingerprint density at radius 3 is 2.52 bits per heavy atom. The highest BCUT2D eigenvalue weighted by molar-refractivity contribution is 6.22. The van der Waals surface area contributed by atoms with E-state index in [1.165, 1.54) is 18.2 Å². The van der Waals surface area contributed by atoms with E-state index in [1.807, 2.05) is 4.90 Å². The Morgan fingerprint density at radius 1 is 1.22 bits per heavy atom. The van der Waals surface area contributed by atoms with Gasteiger partial charge in [0.2, 0.25) is 5.91 Å². The van der Waals surface area contributed by atoms with E-state index in [0.717, 1.165) is 11.0 Å². The summed E-state index contributed by atoms with van der Waals surface area (Å²) in [4.78, 5) is 38.6. The quantitative estimate of drug-likeness (QED) is 0.848. The molecule has 0 bridgehead atoms. The average molecular weight is 320 g/mol. The van der Waals surface area contributed by atoms with E-state index >= 15 is 0 Å². The maximum Gasteiger partial charge on any atom is 0.306 e. The van der Waals surface area contributed by atoms with E-state index in [9.17, 15) is 18.8 Å². The fourth-order valence-electron chi connectivity index (χ4n) is 3.25. The molecule has 122 valence electrons. The van der Waals surface area contributed by atoms with Crippen LogP contribution in [0.15, 0.2) is 24.3 Å². The van der Waals surface area contributed by atoms with Crippen LogP contribution in [0.1, 0.15) is 19.3 Å². The molecule has 7 heteroatoms. The van der Waals surface area contributed by atoms with Crippen molar-refractivity contribution in [3.05, 3.63) is 30.1 Å². The van der Waals surface area contributed by atoms with Crippen molar-refractivity contribution < 1.29 is 23.9 Å². The predicted octanol–water partition coefficient (Wildman–Crippen LogP) is 1.25. The van der Waals surface area contributed by atoms with Crippen molar-refractivity contribution in [1.82, 2.24) is 4.90 Å². The molecule has 0 spiro atoms. The maximum absolute atomic E-state index is 13.3. The number of aliphatic carboxylic acids is 1. The molecule has 2 aliphatic rings. The Kier molecular flexibility index (Phi) is 4.12. The summed E-state index contributed by atoms with van der Waals surface area (Å²) in [6, 6.07) is 4.81. The second kappa shape index (κ2) is 6.08. The number of amides is 2. The van der Waals surface area contributed by atoms with Crippen LogP contribution in [-0.4, -0.2) is 46.9 Å². The maximum atomic E-state index is 13.3. The highest BCUT2D eigenvalue weighted by atomic mass is 19.1. The van der Waals surface area contributed by atoms with Gasteiger partial charge in [0.15, 0.2) is 0 Å². The Morgan fingerprint density at radius 2 is 1.91 bits per heavy atom. The predicted molar refractivity (Wildman–Crippen MR) is 79.2 cm³/mol. The summed E-state index contributed by atoms with van der Waals surface area (Å²) in [6.45, 7) is 0.940. The van der Waals surface area contributed by atoms with E-state index in [4.69, 9.17) is 5.11 Å². The molecule has 0 radical (unpaired) electrons. The average Bonchev–Trinajstić information content (AvgIpc) is 2.82. The zero-order chi connectivity index (χ0) is 16.6. The number of hydrogen-bond acceptors (Lipinski definition) is 4. The number of carbonyl (C=O) groups excluding carboxylic acids is 2. The van der Waals surface area contributed by atoms with E-state index in [1.54, 1.807) is 0 Å². The van der Waals surface area contributed by atoms with Crippen molar-refractivity contribution in [2.45, 2.75) is 25.3 Å². The number of imide groups is 1. The topological polar surface area (TPSA) is 77.9 Å². The van der Waals surface area contributed by atoms with Gasteiger partial charge in [-0.2, -0.15) is 0 Å². The van der Waals surface area contributed by atoms with Gasteiger partial charge in [-0.25, -0.2) is 9.29 Å². The Hall–Kier alpha value is -2.28. The smallest absolute Gasteiger partial charge is 0.306 e. The minimum Gasteiger partial charge on any atom is -0.481 e. The van der Waals surface area contributed by atoms with Crippen LogP contribution < -0.4 is 4.90 Å². The van der Waals surface area contributed by atoms with E-state index < -0.39 is 23.7 Å². The zero-order valence-corrected chi connectivity index (χ0v) is 12.4. The first-order chi connectivity index (χ1) is 11.0. The molecule has 3 rings (SSSR count). The van der Waals surface area contributed by atoms with Crippen LogP contribution in [0, 0.1) is 11.7 Å². The van der Waals surface area contributed by atoms with E-state index in [0.29, 0.717) is 25.9 Å². The number of halogens is 1. The monoisotopic (exact) mass is 320 g/mol. The Balaban J connectivity index is 1.73. The molecule has 0 aromatic heterocycles. The third-order valence-electron chi connectivity index (χ3n) is 4.51. The van der Waals surface area contributed by atoms with Crippen molar-refractivity contribution in [2.75, 3.05) is 18.0 Å². The van der Waals surface area contributed by atoms with Crippen molar-refractivity contribution >= 4 is 23.5 Å². The Labute approximate surface area is 132 Å². The minimum atomic E-state index is -0.820. The number of carboxylic acid groups (broad SMARTS) is 1. The highest BCUT2D eigenvalue weighted by Gasteiger charge is 2.43. The number of carboxylic acids is 1. The number of anilines is 1. The van der Waals surface area contributed by atoms with Crippen LogP contribution in [0.25, 0.3) is 0 Å². The van der Waals surface area contributed by atoms with Gasteiger partial charge in [0.05, 0.1) is 24.1 Å². The van der Waals surface area contributed by atoms with Crippen LogP contribution in [0.3, 0.4) is 0 Å². The number of piperidine rings is 1. The van der Waals surface area contributed by atoms with Crippen molar-refractivity contribution in [3.8, 4) is 0 Å². The van der Waals surface area contributed by atoms with E-state index in [-0.39, 0.29) is 23.9 Å². The summed E-state index contributed by atoms with van der Waals surface area (Å²) in [6.07, 6.45) is 0.980. The molecule has 1 unspecified atom stereocenters. The number of hydrogen-bond donors (Lipinski definition) is 1. The van der Waals surface area contributed by atoms with Crippen molar-refractivity contribution in [2.24, 2.45) is 5.92 Å². The third-order valence-corrected chi connectivity index (χ3v) is 4.51. The molecular weight excluding hydrogens is 303 g/mol. The summed E-state index contributed by atoms with van der Waals surface area (Å²) in [5.74, 6) is -2.44. The van der Waals surface area contributed by atoms with Gasteiger partial charge in [-0.15, -0.1) is 0 Å². The molecule has 0 aliphatic carbocycles. The standard InChI is InChI=1S/C16H17FN2O4/c17-11-2-1-3-12(8-11)19-14(20)9-13(15(19)21)18-6-4-10(5-7-18)16(22)23/h1-3,8,10,13H,4-7,9H2,(H,22,23). The molecule has 2 amide bonds. The van der Waals surface area contributed by atoms with Crippen LogP contribution in [0.2, 0.25) is 0 Å². The number of carbonyl (C=O) groups is 3. The molecule has 1 atom stereocenters. The van der Waals surface area contributed by atoms with Crippen LogP contribution >= 0.6 is 0 Å². The lowest BCUT2D eigenvalue weighted by molar-refractivity contribution is -0.143. The lowest BCUT2D eigenvalue weighted by atomic mass is 9.96. The zero-order valence-electron chi connectivity index (χ0n) is 12.4. The molecule has 6 nitrogen and oxygen atoms in total. The molecule has 2 heterocycles. The third kappa shape index (κ3) is 2.96. The van der Waals surface area contributed by atoms with Gasteiger partial charge in [-0.1, -0.05) is 6.07 Å². The van der Waals surface area contributed by atoms with Crippen LogP contribution in [-0.2, 0) is 14.4 Å². The van der Waals surface area contributed by atoms with Gasteiger partial charge >= 0.3 is 5.97 Å². The molecule has 2 fully saturated rings. The van der Waals surface area contributed by atoms with Gasteiger partial charge in [0.1, 0.15) is 5.82 Å². The van der Waals surface area contributed by atoms with E-state index in [2.05, 4.69) is 0 Å². The molecule has 23 heavy (non-hydrogen) atoms. The lowest BCUT2D eigenvalue weighted by Crippen LogP contribution is -2.46. The van der Waals surface area contributed by atoms with Gasteiger partial charge in [0, 0.05) is 0 Å². The molecule has 1 aromatic carbocycles. The van der Waals surface area contributed by atoms with Crippen LogP contribution in [0.5, 0.6) is 0 Å². The highest BCUT2D eigenvalue weighted by Crippen LogP contribution is 2.28. The second-order valence-corrected chi connectivity index (χ2v) is 5.92. The fraction of sp³-hybridized carbons (Fsp3) is 0.438. The van der Waals surface area contributed by atoms with Gasteiger partial charge in [-0.05, 0) is 44.1 Å². The second-order valence-electron chi connectivity index (χ2n) is 5.92. The number of rotatable bonds is 3. The first-order valence-electron chi connectivity index (χ1n) is 7.56. The molecule has 1 N–H and O–H groups in total. The molecule has 2 saturated heterocycles. The molecular formula is C16H17FN2O4. The summed E-state index contributed by atoms with van der Waals surface area (Å²) < 4.78 is 13.3. The fourth-order valence-corrected chi connectivity index (χ4v) is 3.25. The van der Waals surface area contributed by atoms with Crippen molar-refractivity contribution in [3.63, 3.8) is 0 Å². The van der Waals surface area contributed by atoms with Crippen LogP contribution in [0.4, 0.5) is 10.1 Å². The van der Waals surface area contributed by atoms with Crippen molar-refractivity contribution in [1.29, 1.82) is 0 Å². The molecule has 1 aromatic rings. The lowest BCUT2D eigenvalue weighted by Gasteiger charge is -2.33. The summed E-state index contributed by atoms with van der Waals surface area (Å²) in [7, 11) is 0. The normalized spacial score (nSPS) is 23.5. The van der Waals surface area contributed by atoms with Gasteiger partial charge in [0.25, 0.3) is 5.91 Å². The summed E-state index contributed by atoms with van der Waals surface area (Å²) >= 11 is 0. The summed E-state index contributed by atoms with van der Waals surface area (Å²) in [5.41, 5.74) is 0.239. The number of nitrogens with zero attached hydrogens (tertiary/aromatic N) is 2. The SMILES string of the molecule is O=C(O)C1CCN(C2CC(=O)N(c3cccc(F)c3)C2=O)CC1.